The van der Waals surface area contributed by atoms with Gasteiger partial charge in [0.15, 0.2) is 0 Å². The molecule has 0 saturated carbocycles. The average Bonchev–Trinajstić information content (AvgIpc) is 2.48. The van der Waals surface area contributed by atoms with E-state index in [9.17, 15) is 10.1 Å². The minimum atomic E-state index is -0.462. The number of aryl methyl sites for hydroxylation is 1. The van der Waals surface area contributed by atoms with Gasteiger partial charge in [0.2, 0.25) is 0 Å². The molecular weight excluding hydrogens is 182 g/mol. The van der Waals surface area contributed by atoms with Crippen LogP contribution in [0.15, 0.2) is 17.8 Å². The van der Waals surface area contributed by atoms with E-state index >= 15 is 0 Å². The van der Waals surface area contributed by atoms with E-state index in [-0.39, 0.29) is 5.95 Å². The molecule has 0 unspecified atom stereocenters. The molecule has 0 amide bonds. The summed E-state index contributed by atoms with van der Waals surface area (Å²) in [5, 5.41) is 10.6. The van der Waals surface area contributed by atoms with Gasteiger partial charge >= 0.3 is 5.95 Å². The Balaban J connectivity index is 3.05. The molecule has 0 atom stereocenters. The summed E-state index contributed by atoms with van der Waals surface area (Å²) in [6.07, 6.45) is 3.45. The molecule has 0 aromatic carbocycles. The zero-order valence-electron chi connectivity index (χ0n) is 8.52. The number of hydrogen-bond acceptors (Lipinski definition) is 3. The van der Waals surface area contributed by atoms with Gasteiger partial charge in [-0.05, 0) is 31.3 Å². The Morgan fingerprint density at radius 2 is 2.43 bits per heavy atom. The lowest BCUT2D eigenvalue weighted by atomic mass is 10.3. The SMILES string of the molecule is CC=C(C)Cn1c(C)cnc1[N+](=O)[O-]. The van der Waals surface area contributed by atoms with Gasteiger partial charge in [-0.2, -0.15) is 0 Å². The molecule has 1 aromatic heterocycles. The van der Waals surface area contributed by atoms with Crippen LogP contribution < -0.4 is 0 Å². The number of allylic oxidation sites excluding steroid dienone is 2. The van der Waals surface area contributed by atoms with Crippen molar-refractivity contribution < 1.29 is 4.92 Å². The van der Waals surface area contributed by atoms with Crippen molar-refractivity contribution in [2.75, 3.05) is 0 Å². The van der Waals surface area contributed by atoms with Gasteiger partial charge in [0.25, 0.3) is 0 Å². The molecule has 14 heavy (non-hydrogen) atoms. The Labute approximate surface area is 82.2 Å². The summed E-state index contributed by atoms with van der Waals surface area (Å²) in [5.74, 6) is -0.0938. The predicted octanol–water partition coefficient (Wildman–Crippen LogP) is 2.07. The third-order valence-electron chi connectivity index (χ3n) is 2.10. The van der Waals surface area contributed by atoms with Gasteiger partial charge in [-0.15, -0.1) is 0 Å². The first-order chi connectivity index (χ1) is 6.56. The van der Waals surface area contributed by atoms with Crippen molar-refractivity contribution in [3.05, 3.63) is 33.7 Å². The summed E-state index contributed by atoms with van der Waals surface area (Å²) in [6, 6.07) is 0. The van der Waals surface area contributed by atoms with Crippen molar-refractivity contribution in [1.29, 1.82) is 0 Å². The Kier molecular flexibility index (Phi) is 3.01. The van der Waals surface area contributed by atoms with Crippen molar-refractivity contribution in [3.63, 3.8) is 0 Å². The molecule has 1 rings (SSSR count). The maximum absolute atomic E-state index is 10.6. The first-order valence-corrected chi connectivity index (χ1v) is 4.34. The van der Waals surface area contributed by atoms with Gasteiger partial charge < -0.3 is 10.1 Å². The van der Waals surface area contributed by atoms with Crippen LogP contribution in [0.25, 0.3) is 0 Å². The summed E-state index contributed by atoms with van der Waals surface area (Å²) in [4.78, 5) is 13.9. The smallest absolute Gasteiger partial charge is 0.390 e. The largest absolute Gasteiger partial charge is 0.435 e. The normalized spacial score (nSPS) is 11.8. The van der Waals surface area contributed by atoms with Crippen LogP contribution in [0.1, 0.15) is 19.5 Å². The van der Waals surface area contributed by atoms with Crippen LogP contribution in [0.5, 0.6) is 0 Å². The van der Waals surface area contributed by atoms with E-state index in [0.29, 0.717) is 6.54 Å². The third-order valence-corrected chi connectivity index (χ3v) is 2.10. The highest BCUT2D eigenvalue weighted by atomic mass is 16.6. The van der Waals surface area contributed by atoms with Gasteiger partial charge in [-0.1, -0.05) is 11.1 Å². The van der Waals surface area contributed by atoms with E-state index in [1.807, 2.05) is 26.8 Å². The lowest BCUT2D eigenvalue weighted by Gasteiger charge is -2.03. The van der Waals surface area contributed by atoms with Crippen LogP contribution in [0, 0.1) is 17.0 Å². The minimum absolute atomic E-state index is 0.0938. The maximum Gasteiger partial charge on any atom is 0.435 e. The van der Waals surface area contributed by atoms with Crippen LogP contribution in [0.2, 0.25) is 0 Å². The molecule has 0 spiro atoms. The van der Waals surface area contributed by atoms with E-state index in [1.165, 1.54) is 6.20 Å². The van der Waals surface area contributed by atoms with Crippen molar-refractivity contribution in [2.24, 2.45) is 0 Å². The van der Waals surface area contributed by atoms with E-state index in [0.717, 1.165) is 11.3 Å². The van der Waals surface area contributed by atoms with Crippen LogP contribution in [-0.4, -0.2) is 14.5 Å². The molecule has 0 aliphatic carbocycles. The van der Waals surface area contributed by atoms with E-state index in [4.69, 9.17) is 0 Å². The molecule has 1 aromatic rings. The summed E-state index contributed by atoms with van der Waals surface area (Å²) < 4.78 is 1.59. The highest BCUT2D eigenvalue weighted by Gasteiger charge is 2.17. The zero-order chi connectivity index (χ0) is 10.7. The molecule has 0 radical (unpaired) electrons. The van der Waals surface area contributed by atoms with E-state index in [1.54, 1.807) is 4.57 Å². The minimum Gasteiger partial charge on any atom is -0.390 e. The van der Waals surface area contributed by atoms with Crippen molar-refractivity contribution in [1.82, 2.24) is 9.55 Å². The molecule has 76 valence electrons. The first-order valence-electron chi connectivity index (χ1n) is 4.34. The highest BCUT2D eigenvalue weighted by Crippen LogP contribution is 2.14. The molecular formula is C9H13N3O2. The van der Waals surface area contributed by atoms with Crippen molar-refractivity contribution >= 4 is 5.95 Å². The Morgan fingerprint density at radius 1 is 1.79 bits per heavy atom. The van der Waals surface area contributed by atoms with Gasteiger partial charge in [-0.25, -0.2) is 4.57 Å². The van der Waals surface area contributed by atoms with Crippen LogP contribution >= 0.6 is 0 Å². The molecule has 0 fully saturated rings. The van der Waals surface area contributed by atoms with E-state index in [2.05, 4.69) is 4.98 Å². The Morgan fingerprint density at radius 3 is 2.93 bits per heavy atom. The Bertz CT molecular complexity index is 379. The lowest BCUT2D eigenvalue weighted by molar-refractivity contribution is -0.396. The van der Waals surface area contributed by atoms with Crippen molar-refractivity contribution in [3.8, 4) is 0 Å². The topological polar surface area (TPSA) is 61.0 Å². The number of nitro groups is 1. The number of hydrogen-bond donors (Lipinski definition) is 0. The molecule has 1 heterocycles. The molecule has 5 nitrogen and oxygen atoms in total. The van der Waals surface area contributed by atoms with Crippen LogP contribution in [-0.2, 0) is 6.54 Å². The summed E-state index contributed by atoms with van der Waals surface area (Å²) in [5.41, 5.74) is 1.88. The summed E-state index contributed by atoms with van der Waals surface area (Å²) in [6.45, 7) is 6.18. The first kappa shape index (κ1) is 10.4. The third kappa shape index (κ3) is 1.99. The second-order valence-electron chi connectivity index (χ2n) is 3.18. The fourth-order valence-corrected chi connectivity index (χ4v) is 1.13. The van der Waals surface area contributed by atoms with Crippen LogP contribution in [0.3, 0.4) is 0 Å². The highest BCUT2D eigenvalue weighted by molar-refractivity contribution is 5.16. The zero-order valence-corrected chi connectivity index (χ0v) is 8.52. The number of rotatable bonds is 3. The molecule has 0 aliphatic rings. The van der Waals surface area contributed by atoms with E-state index < -0.39 is 4.92 Å². The number of nitrogens with zero attached hydrogens (tertiary/aromatic N) is 3. The fraction of sp³-hybridized carbons (Fsp3) is 0.444. The maximum atomic E-state index is 10.6. The second kappa shape index (κ2) is 4.04. The monoisotopic (exact) mass is 195 g/mol. The molecule has 0 N–H and O–H groups in total. The fourth-order valence-electron chi connectivity index (χ4n) is 1.13. The number of aromatic nitrogens is 2. The number of imidazole rings is 1. The molecule has 5 heteroatoms. The standard InChI is InChI=1S/C9H13N3O2/c1-4-7(2)6-11-8(3)5-10-9(11)12(13)14/h4-5H,6H2,1-3H3. The molecule has 0 bridgehead atoms. The molecule has 0 aliphatic heterocycles. The summed E-state index contributed by atoms with van der Waals surface area (Å²) >= 11 is 0. The van der Waals surface area contributed by atoms with Gasteiger partial charge in [0.1, 0.15) is 11.9 Å². The predicted molar refractivity (Wildman–Crippen MR) is 53.0 cm³/mol. The second-order valence-corrected chi connectivity index (χ2v) is 3.18. The molecule has 0 saturated heterocycles. The van der Waals surface area contributed by atoms with Crippen molar-refractivity contribution in [2.45, 2.75) is 27.3 Å². The quantitative estimate of drug-likeness (QED) is 0.421. The van der Waals surface area contributed by atoms with Gasteiger partial charge in [0.05, 0.1) is 6.54 Å². The van der Waals surface area contributed by atoms with Crippen LogP contribution in [0.4, 0.5) is 5.95 Å². The van der Waals surface area contributed by atoms with Gasteiger partial charge in [0, 0.05) is 0 Å². The Hall–Kier alpha value is -1.65. The summed E-state index contributed by atoms with van der Waals surface area (Å²) in [7, 11) is 0. The lowest BCUT2D eigenvalue weighted by Crippen LogP contribution is -2.06. The average molecular weight is 195 g/mol. The van der Waals surface area contributed by atoms with Gasteiger partial charge in [-0.3, -0.25) is 0 Å².